The van der Waals surface area contributed by atoms with Crippen molar-refractivity contribution in [2.75, 3.05) is 24.6 Å². The second kappa shape index (κ2) is 5.99. The van der Waals surface area contributed by atoms with Gasteiger partial charge in [0.15, 0.2) is 0 Å². The zero-order valence-corrected chi connectivity index (χ0v) is 13.1. The van der Waals surface area contributed by atoms with Crippen LogP contribution in [0.15, 0.2) is 12.2 Å². The minimum Gasteiger partial charge on any atom is -0.478 e. The molecule has 1 aromatic heterocycles. The van der Waals surface area contributed by atoms with Gasteiger partial charge >= 0.3 is 5.97 Å². The van der Waals surface area contributed by atoms with E-state index in [1.165, 1.54) is 0 Å². The standard InChI is InChI=1S/C15H19N5O4/c16-12-9-8-15(24-13(9)19-14(17)18-12)4-1-6-20(7-5-15)10(21)2-3-11(22)23/h2-3H,1,4-8H2,(H,22,23)(H4,16,17,18,19)/b3-2+/t15-/m0/s1. The van der Waals surface area contributed by atoms with E-state index in [0.29, 0.717) is 37.6 Å². The van der Waals surface area contributed by atoms with Crippen LogP contribution >= 0.6 is 0 Å². The Balaban J connectivity index is 1.72. The van der Waals surface area contributed by atoms with Crippen molar-refractivity contribution in [1.29, 1.82) is 0 Å². The predicted octanol–water partition coefficient (Wildman–Crippen LogP) is -0.0320. The molecule has 1 saturated heterocycles. The zero-order chi connectivity index (χ0) is 17.3. The molecule has 1 fully saturated rings. The molecule has 0 aliphatic carbocycles. The average molecular weight is 333 g/mol. The van der Waals surface area contributed by atoms with Crippen LogP contribution in [-0.2, 0) is 16.0 Å². The molecule has 1 amide bonds. The highest BCUT2D eigenvalue weighted by Gasteiger charge is 2.43. The van der Waals surface area contributed by atoms with Gasteiger partial charge in [-0.15, -0.1) is 0 Å². The van der Waals surface area contributed by atoms with Crippen LogP contribution < -0.4 is 16.2 Å². The Kier molecular flexibility index (Phi) is 4.00. The third-order valence-electron chi connectivity index (χ3n) is 4.41. The number of anilines is 2. The molecule has 128 valence electrons. The summed E-state index contributed by atoms with van der Waals surface area (Å²) in [5, 5.41) is 8.62. The lowest BCUT2D eigenvalue weighted by Crippen LogP contribution is -2.37. The van der Waals surface area contributed by atoms with E-state index in [4.69, 9.17) is 21.3 Å². The van der Waals surface area contributed by atoms with Gasteiger partial charge in [-0.2, -0.15) is 9.97 Å². The van der Waals surface area contributed by atoms with Crippen molar-refractivity contribution in [3.05, 3.63) is 17.7 Å². The SMILES string of the molecule is Nc1nc(N)c2c(n1)O[C@]1(CCCN(C(=O)/C=C/C(=O)O)CC1)C2. The molecule has 1 spiro atoms. The molecule has 3 rings (SSSR count). The normalized spacial score (nSPS) is 23.1. The number of aliphatic carboxylic acids is 1. The summed E-state index contributed by atoms with van der Waals surface area (Å²) in [6, 6.07) is 0. The highest BCUT2D eigenvalue weighted by Crippen LogP contribution is 2.42. The van der Waals surface area contributed by atoms with Crippen molar-refractivity contribution in [1.82, 2.24) is 14.9 Å². The van der Waals surface area contributed by atoms with Crippen molar-refractivity contribution in [2.45, 2.75) is 31.3 Å². The summed E-state index contributed by atoms with van der Waals surface area (Å²) in [5.74, 6) is -0.626. The largest absolute Gasteiger partial charge is 0.478 e. The number of hydrogen-bond donors (Lipinski definition) is 3. The number of nitrogens with zero attached hydrogens (tertiary/aromatic N) is 3. The van der Waals surface area contributed by atoms with Gasteiger partial charge in [0.05, 0.1) is 5.56 Å². The molecular formula is C15H19N5O4. The monoisotopic (exact) mass is 333 g/mol. The maximum absolute atomic E-state index is 12.1. The second-order valence-corrected chi connectivity index (χ2v) is 6.06. The molecule has 0 unspecified atom stereocenters. The van der Waals surface area contributed by atoms with Crippen LogP contribution in [0.5, 0.6) is 5.88 Å². The maximum atomic E-state index is 12.1. The van der Waals surface area contributed by atoms with E-state index >= 15 is 0 Å². The molecule has 3 heterocycles. The quantitative estimate of drug-likeness (QED) is 0.640. The van der Waals surface area contributed by atoms with Crippen LogP contribution in [-0.4, -0.2) is 50.5 Å². The number of nitrogens with two attached hydrogens (primary N) is 2. The van der Waals surface area contributed by atoms with Gasteiger partial charge in [-0.3, -0.25) is 4.79 Å². The van der Waals surface area contributed by atoms with Gasteiger partial charge in [-0.05, 0) is 12.8 Å². The highest BCUT2D eigenvalue weighted by atomic mass is 16.5. The minimum atomic E-state index is -1.14. The predicted molar refractivity (Wildman–Crippen MR) is 85.1 cm³/mol. The van der Waals surface area contributed by atoms with Crippen LogP contribution in [0.3, 0.4) is 0 Å². The third kappa shape index (κ3) is 3.10. The Morgan fingerprint density at radius 2 is 2.00 bits per heavy atom. The van der Waals surface area contributed by atoms with E-state index in [2.05, 4.69) is 9.97 Å². The van der Waals surface area contributed by atoms with E-state index in [1.807, 2.05) is 0 Å². The molecule has 0 aromatic carbocycles. The van der Waals surface area contributed by atoms with Crippen LogP contribution in [0.1, 0.15) is 24.8 Å². The van der Waals surface area contributed by atoms with E-state index < -0.39 is 11.6 Å². The molecule has 9 heteroatoms. The van der Waals surface area contributed by atoms with Gasteiger partial charge in [0, 0.05) is 38.1 Å². The Hall–Kier alpha value is -2.84. The van der Waals surface area contributed by atoms with Crippen molar-refractivity contribution in [2.24, 2.45) is 0 Å². The molecule has 2 aliphatic rings. The highest BCUT2D eigenvalue weighted by molar-refractivity contribution is 5.93. The molecule has 1 aromatic rings. The number of hydrogen-bond acceptors (Lipinski definition) is 7. The number of aromatic nitrogens is 2. The minimum absolute atomic E-state index is 0.0764. The topological polar surface area (TPSA) is 145 Å². The first kappa shape index (κ1) is 16.0. The number of carboxylic acid groups (broad SMARTS) is 1. The fourth-order valence-corrected chi connectivity index (χ4v) is 3.23. The molecule has 0 bridgehead atoms. The summed E-state index contributed by atoms with van der Waals surface area (Å²) in [6.07, 6.45) is 4.61. The fourth-order valence-electron chi connectivity index (χ4n) is 3.23. The first-order valence-electron chi connectivity index (χ1n) is 7.69. The maximum Gasteiger partial charge on any atom is 0.328 e. The van der Waals surface area contributed by atoms with Crippen LogP contribution in [0.4, 0.5) is 11.8 Å². The van der Waals surface area contributed by atoms with Crippen molar-refractivity contribution < 1.29 is 19.4 Å². The van der Waals surface area contributed by atoms with Gasteiger partial charge in [0.25, 0.3) is 0 Å². The van der Waals surface area contributed by atoms with E-state index in [-0.39, 0.29) is 11.9 Å². The summed E-state index contributed by atoms with van der Waals surface area (Å²) in [4.78, 5) is 32.3. The van der Waals surface area contributed by atoms with Crippen molar-refractivity contribution >= 4 is 23.6 Å². The molecule has 24 heavy (non-hydrogen) atoms. The fraction of sp³-hybridized carbons (Fsp3) is 0.467. The molecule has 2 aliphatic heterocycles. The number of carbonyl (C=O) groups excluding carboxylic acids is 1. The van der Waals surface area contributed by atoms with Gasteiger partial charge in [0.1, 0.15) is 11.4 Å². The van der Waals surface area contributed by atoms with E-state index in [9.17, 15) is 9.59 Å². The van der Waals surface area contributed by atoms with Gasteiger partial charge < -0.3 is 26.2 Å². The average Bonchev–Trinajstić information content (AvgIpc) is 2.73. The van der Waals surface area contributed by atoms with Crippen LogP contribution in [0.25, 0.3) is 0 Å². The molecule has 5 N–H and O–H groups in total. The molecular weight excluding hydrogens is 314 g/mol. The Morgan fingerprint density at radius 3 is 2.75 bits per heavy atom. The molecule has 1 atom stereocenters. The lowest BCUT2D eigenvalue weighted by Gasteiger charge is -2.26. The number of carbonyl (C=O) groups is 2. The Bertz CT molecular complexity index is 720. The third-order valence-corrected chi connectivity index (χ3v) is 4.41. The first-order valence-corrected chi connectivity index (χ1v) is 7.69. The van der Waals surface area contributed by atoms with Gasteiger partial charge in [-0.1, -0.05) is 0 Å². The summed E-state index contributed by atoms with van der Waals surface area (Å²) in [6.45, 7) is 1.02. The summed E-state index contributed by atoms with van der Waals surface area (Å²) in [5.41, 5.74) is 11.8. The zero-order valence-electron chi connectivity index (χ0n) is 13.1. The summed E-state index contributed by atoms with van der Waals surface area (Å²) in [7, 11) is 0. The van der Waals surface area contributed by atoms with Crippen LogP contribution in [0.2, 0.25) is 0 Å². The Labute approximate surface area is 138 Å². The molecule has 9 nitrogen and oxygen atoms in total. The van der Waals surface area contributed by atoms with E-state index in [0.717, 1.165) is 30.6 Å². The number of rotatable bonds is 2. The van der Waals surface area contributed by atoms with Gasteiger partial charge in [0.2, 0.25) is 17.7 Å². The lowest BCUT2D eigenvalue weighted by atomic mass is 9.90. The Morgan fingerprint density at radius 1 is 1.21 bits per heavy atom. The lowest BCUT2D eigenvalue weighted by molar-refractivity contribution is -0.132. The van der Waals surface area contributed by atoms with E-state index in [1.54, 1.807) is 4.90 Å². The number of fused-ring (bicyclic) bond motifs is 1. The first-order chi connectivity index (χ1) is 11.4. The van der Waals surface area contributed by atoms with Crippen LogP contribution in [0, 0.1) is 0 Å². The molecule has 0 saturated carbocycles. The van der Waals surface area contributed by atoms with Gasteiger partial charge in [-0.25, -0.2) is 4.79 Å². The van der Waals surface area contributed by atoms with Crippen molar-refractivity contribution in [3.8, 4) is 5.88 Å². The summed E-state index contributed by atoms with van der Waals surface area (Å²) < 4.78 is 6.04. The van der Waals surface area contributed by atoms with Crippen molar-refractivity contribution in [3.63, 3.8) is 0 Å². The summed E-state index contributed by atoms with van der Waals surface area (Å²) >= 11 is 0. The number of likely N-dealkylation sites (tertiary alicyclic amines) is 1. The number of carboxylic acids is 1. The second-order valence-electron chi connectivity index (χ2n) is 6.06. The number of amides is 1. The number of nitrogen functional groups attached to an aromatic ring is 2. The molecule has 0 radical (unpaired) electrons. The number of ether oxygens (including phenoxy) is 1. The smallest absolute Gasteiger partial charge is 0.328 e.